The monoisotopic (exact) mass is 271 g/mol. The van der Waals surface area contributed by atoms with Crippen molar-refractivity contribution in [1.29, 1.82) is 5.41 Å². The number of rotatable bonds is 4. The molecule has 0 aliphatic carbocycles. The Bertz CT molecular complexity index is 732. The van der Waals surface area contributed by atoms with Gasteiger partial charge in [-0.3, -0.25) is 10.4 Å². The molecule has 0 aromatic carbocycles. The molecule has 10 nitrogen and oxygen atoms in total. The second-order valence-corrected chi connectivity index (χ2v) is 3.85. The van der Waals surface area contributed by atoms with Crippen molar-refractivity contribution in [2.75, 3.05) is 0 Å². The van der Waals surface area contributed by atoms with Crippen LogP contribution in [-0.2, 0) is 6.54 Å². The van der Waals surface area contributed by atoms with E-state index in [4.69, 9.17) is 11.1 Å². The first-order chi connectivity index (χ1) is 9.75. The molecule has 100 valence electrons. The second-order valence-electron chi connectivity index (χ2n) is 3.85. The fourth-order valence-electron chi connectivity index (χ4n) is 1.65. The third-order valence-corrected chi connectivity index (χ3v) is 2.54. The molecule has 0 unspecified atom stereocenters. The molecule has 3 rings (SSSR count). The number of nitrogens with one attached hydrogen (secondary N) is 1. The van der Waals surface area contributed by atoms with Crippen molar-refractivity contribution >= 4 is 5.84 Å². The fourth-order valence-corrected chi connectivity index (χ4v) is 1.65. The number of nitrogens with two attached hydrogens (primary N) is 1. The molecule has 0 aliphatic rings. The number of nitrogen functional groups attached to an aromatic ring is 1. The van der Waals surface area contributed by atoms with Crippen LogP contribution in [0.4, 0.5) is 0 Å². The van der Waals surface area contributed by atoms with E-state index in [1.165, 1.54) is 4.68 Å². The topological polar surface area (TPSA) is 145 Å². The minimum absolute atomic E-state index is 0.174. The van der Waals surface area contributed by atoms with Crippen molar-refractivity contribution in [3.8, 4) is 11.5 Å². The van der Waals surface area contributed by atoms with Crippen LogP contribution >= 0.6 is 0 Å². The lowest BCUT2D eigenvalue weighted by Crippen LogP contribution is -2.16. The molecule has 0 saturated heterocycles. The number of hydrogen-bond donors (Lipinski definition) is 2. The molecule has 3 N–H and O–H groups in total. The molecule has 3 aromatic heterocycles. The van der Waals surface area contributed by atoms with Crippen LogP contribution in [0.1, 0.15) is 11.4 Å². The SMILES string of the molecule is N=C(N)c1nonc1Cn1nnnc1-c1ccccn1. The maximum absolute atomic E-state index is 7.38. The van der Waals surface area contributed by atoms with E-state index in [-0.39, 0.29) is 18.1 Å². The first kappa shape index (κ1) is 11.9. The molecule has 10 heteroatoms. The molecule has 3 heterocycles. The van der Waals surface area contributed by atoms with Gasteiger partial charge in [-0.05, 0) is 27.7 Å². The van der Waals surface area contributed by atoms with Crippen molar-refractivity contribution in [3.63, 3.8) is 0 Å². The summed E-state index contributed by atoms with van der Waals surface area (Å²) in [6.45, 7) is 0.178. The van der Waals surface area contributed by atoms with Gasteiger partial charge in [-0.15, -0.1) is 5.10 Å². The normalized spacial score (nSPS) is 10.6. The van der Waals surface area contributed by atoms with Gasteiger partial charge in [-0.2, -0.15) is 0 Å². The molecule has 20 heavy (non-hydrogen) atoms. The average Bonchev–Trinajstić information content (AvgIpc) is 3.09. The third kappa shape index (κ3) is 2.09. The van der Waals surface area contributed by atoms with Gasteiger partial charge in [0.05, 0.1) is 6.54 Å². The van der Waals surface area contributed by atoms with Crippen molar-refractivity contribution in [2.24, 2.45) is 5.73 Å². The highest BCUT2D eigenvalue weighted by molar-refractivity contribution is 5.93. The molecule has 3 aromatic rings. The summed E-state index contributed by atoms with van der Waals surface area (Å²) < 4.78 is 6.06. The molecule has 0 radical (unpaired) electrons. The smallest absolute Gasteiger partial charge is 0.201 e. The van der Waals surface area contributed by atoms with Crippen molar-refractivity contribution in [1.82, 2.24) is 35.5 Å². The van der Waals surface area contributed by atoms with Gasteiger partial charge in [0, 0.05) is 6.20 Å². The van der Waals surface area contributed by atoms with Crippen LogP contribution in [0.5, 0.6) is 0 Å². The number of tetrazole rings is 1. The zero-order valence-electron chi connectivity index (χ0n) is 10.1. The second kappa shape index (κ2) is 4.84. The minimum atomic E-state index is -0.228. The van der Waals surface area contributed by atoms with Gasteiger partial charge in [0.1, 0.15) is 17.2 Å². The van der Waals surface area contributed by atoms with Crippen LogP contribution in [-0.4, -0.2) is 41.3 Å². The van der Waals surface area contributed by atoms with Gasteiger partial charge in [0.15, 0.2) is 5.69 Å². The summed E-state index contributed by atoms with van der Waals surface area (Å²) in [5.41, 5.74) is 6.56. The summed E-state index contributed by atoms with van der Waals surface area (Å²) in [5.74, 6) is 0.247. The molecule has 0 aliphatic heterocycles. The molecule has 0 spiro atoms. The van der Waals surface area contributed by atoms with Crippen LogP contribution in [0, 0.1) is 5.41 Å². The summed E-state index contributed by atoms with van der Waals surface area (Å²) in [4.78, 5) is 4.18. The van der Waals surface area contributed by atoms with Gasteiger partial charge >= 0.3 is 0 Å². The zero-order chi connectivity index (χ0) is 13.9. The highest BCUT2D eigenvalue weighted by Crippen LogP contribution is 2.13. The predicted molar refractivity (Wildman–Crippen MR) is 65.5 cm³/mol. The molecular weight excluding hydrogens is 262 g/mol. The van der Waals surface area contributed by atoms with Crippen LogP contribution in [0.15, 0.2) is 29.0 Å². The predicted octanol–water partition coefficient (Wildman–Crippen LogP) is -0.550. The van der Waals surface area contributed by atoms with E-state index in [1.807, 2.05) is 6.07 Å². The Morgan fingerprint density at radius 2 is 2.25 bits per heavy atom. The van der Waals surface area contributed by atoms with Crippen LogP contribution in [0.3, 0.4) is 0 Å². The Labute approximate surface area is 112 Å². The zero-order valence-corrected chi connectivity index (χ0v) is 10.1. The molecule has 0 amide bonds. The third-order valence-electron chi connectivity index (χ3n) is 2.54. The van der Waals surface area contributed by atoms with E-state index in [0.717, 1.165) is 0 Å². The Kier molecular flexibility index (Phi) is 2.88. The molecule has 0 bridgehead atoms. The van der Waals surface area contributed by atoms with Crippen LogP contribution < -0.4 is 5.73 Å². The van der Waals surface area contributed by atoms with E-state index in [1.54, 1.807) is 18.3 Å². The van der Waals surface area contributed by atoms with E-state index in [0.29, 0.717) is 17.2 Å². The summed E-state index contributed by atoms with van der Waals surface area (Å²) >= 11 is 0. The number of amidine groups is 1. The Balaban J connectivity index is 1.95. The van der Waals surface area contributed by atoms with E-state index < -0.39 is 0 Å². The summed E-state index contributed by atoms with van der Waals surface area (Å²) in [5, 5.41) is 26.0. The van der Waals surface area contributed by atoms with Crippen molar-refractivity contribution < 1.29 is 4.63 Å². The minimum Gasteiger partial charge on any atom is -0.382 e. The van der Waals surface area contributed by atoms with Crippen LogP contribution in [0.25, 0.3) is 11.5 Å². The van der Waals surface area contributed by atoms with Gasteiger partial charge in [0.2, 0.25) is 5.82 Å². The maximum atomic E-state index is 7.38. The quantitative estimate of drug-likeness (QED) is 0.474. The number of pyridine rings is 1. The number of hydrogen-bond acceptors (Lipinski definition) is 8. The van der Waals surface area contributed by atoms with Gasteiger partial charge in [-0.25, -0.2) is 9.31 Å². The van der Waals surface area contributed by atoms with Gasteiger partial charge in [0.25, 0.3) is 0 Å². The fraction of sp³-hybridized carbons (Fsp3) is 0.100. The summed E-state index contributed by atoms with van der Waals surface area (Å²) in [6.07, 6.45) is 1.65. The lowest BCUT2D eigenvalue weighted by Gasteiger charge is -2.02. The average molecular weight is 271 g/mol. The highest BCUT2D eigenvalue weighted by Gasteiger charge is 2.17. The standard InChI is InChI=1S/C10H9N9O/c11-9(12)8-7(15-20-16-8)5-19-10(14-17-18-19)6-3-1-2-4-13-6/h1-4H,5H2,(H3,11,12). The lowest BCUT2D eigenvalue weighted by molar-refractivity contribution is 0.301. The maximum Gasteiger partial charge on any atom is 0.201 e. The number of nitrogens with zero attached hydrogens (tertiary/aromatic N) is 7. The molecular formula is C10H9N9O. The highest BCUT2D eigenvalue weighted by atomic mass is 16.6. The summed E-state index contributed by atoms with van der Waals surface area (Å²) in [7, 11) is 0. The largest absolute Gasteiger partial charge is 0.382 e. The van der Waals surface area contributed by atoms with E-state index >= 15 is 0 Å². The Morgan fingerprint density at radius 3 is 3.00 bits per heavy atom. The van der Waals surface area contributed by atoms with Crippen molar-refractivity contribution in [3.05, 3.63) is 35.8 Å². The molecule has 0 atom stereocenters. The number of aromatic nitrogens is 7. The summed E-state index contributed by atoms with van der Waals surface area (Å²) in [6, 6.07) is 5.42. The van der Waals surface area contributed by atoms with E-state index in [2.05, 4.69) is 35.5 Å². The lowest BCUT2D eigenvalue weighted by atomic mass is 10.3. The molecule has 0 saturated carbocycles. The first-order valence-corrected chi connectivity index (χ1v) is 5.59. The van der Waals surface area contributed by atoms with Crippen LogP contribution in [0.2, 0.25) is 0 Å². The van der Waals surface area contributed by atoms with Crippen molar-refractivity contribution in [2.45, 2.75) is 6.54 Å². The first-order valence-electron chi connectivity index (χ1n) is 5.59. The van der Waals surface area contributed by atoms with Gasteiger partial charge < -0.3 is 5.73 Å². The van der Waals surface area contributed by atoms with Gasteiger partial charge in [-0.1, -0.05) is 11.2 Å². The molecule has 0 fully saturated rings. The Morgan fingerprint density at radius 1 is 1.35 bits per heavy atom. The Hall–Kier alpha value is -3.17. The van der Waals surface area contributed by atoms with E-state index in [9.17, 15) is 0 Å².